The fourth-order valence-corrected chi connectivity index (χ4v) is 1.64. The topological polar surface area (TPSA) is 38.7 Å². The second kappa shape index (κ2) is 7.39. The lowest BCUT2D eigenvalue weighted by atomic mass is 10.0. The molecule has 1 aliphatic heterocycles. The van der Waals surface area contributed by atoms with Crippen molar-refractivity contribution in [2.75, 3.05) is 13.2 Å². The van der Waals surface area contributed by atoms with Crippen LogP contribution in [0, 0.1) is 0 Å². The molecule has 1 unspecified atom stereocenters. The van der Waals surface area contributed by atoms with Gasteiger partial charge in [-0.1, -0.05) is 30.9 Å². The Morgan fingerprint density at radius 2 is 2.19 bits per heavy atom. The SMILES string of the molecule is C=C/C=C(\C=C/C)C(O)CCC1OCCO1. The molecule has 16 heavy (non-hydrogen) atoms. The molecule has 1 N–H and O–H groups in total. The lowest BCUT2D eigenvalue weighted by Crippen LogP contribution is -2.15. The molecule has 0 bridgehead atoms. The number of aliphatic hydroxyl groups excluding tert-OH is 1. The molecular formula is C13H20O3. The van der Waals surface area contributed by atoms with Gasteiger partial charge in [-0.25, -0.2) is 0 Å². The van der Waals surface area contributed by atoms with Crippen LogP contribution in [0.1, 0.15) is 19.8 Å². The van der Waals surface area contributed by atoms with E-state index in [0.717, 1.165) is 5.57 Å². The molecule has 3 heteroatoms. The summed E-state index contributed by atoms with van der Waals surface area (Å²) in [4.78, 5) is 0. The number of hydrogen-bond acceptors (Lipinski definition) is 3. The second-order valence-corrected chi connectivity index (χ2v) is 3.67. The van der Waals surface area contributed by atoms with Gasteiger partial charge in [-0.3, -0.25) is 0 Å². The highest BCUT2D eigenvalue weighted by Gasteiger charge is 2.18. The van der Waals surface area contributed by atoms with Crippen molar-refractivity contribution >= 4 is 0 Å². The van der Waals surface area contributed by atoms with E-state index in [1.54, 1.807) is 6.08 Å². The van der Waals surface area contributed by atoms with E-state index in [1.807, 2.05) is 25.2 Å². The van der Waals surface area contributed by atoms with E-state index in [4.69, 9.17) is 9.47 Å². The summed E-state index contributed by atoms with van der Waals surface area (Å²) in [6.45, 7) is 6.87. The fraction of sp³-hybridized carbons (Fsp3) is 0.538. The largest absolute Gasteiger partial charge is 0.388 e. The van der Waals surface area contributed by atoms with Crippen molar-refractivity contribution in [3.05, 3.63) is 36.5 Å². The van der Waals surface area contributed by atoms with E-state index in [9.17, 15) is 5.11 Å². The summed E-state index contributed by atoms with van der Waals surface area (Å²) >= 11 is 0. The van der Waals surface area contributed by atoms with Gasteiger partial charge in [-0.2, -0.15) is 0 Å². The molecule has 0 spiro atoms. The lowest BCUT2D eigenvalue weighted by Gasteiger charge is -2.14. The molecule has 1 rings (SSSR count). The molecule has 0 aromatic rings. The van der Waals surface area contributed by atoms with Crippen LogP contribution in [0.2, 0.25) is 0 Å². The summed E-state index contributed by atoms with van der Waals surface area (Å²) in [5.41, 5.74) is 0.871. The van der Waals surface area contributed by atoms with Gasteiger partial charge < -0.3 is 14.6 Å². The Kier molecular flexibility index (Phi) is 6.08. The summed E-state index contributed by atoms with van der Waals surface area (Å²) in [7, 11) is 0. The van der Waals surface area contributed by atoms with Gasteiger partial charge in [-0.05, 0) is 18.9 Å². The number of ether oxygens (including phenoxy) is 2. The Balaban J connectivity index is 2.38. The predicted octanol–water partition coefficient (Wildman–Crippen LogP) is 2.19. The first-order chi connectivity index (χ1) is 7.77. The van der Waals surface area contributed by atoms with Crippen LogP contribution in [0.15, 0.2) is 36.5 Å². The second-order valence-electron chi connectivity index (χ2n) is 3.67. The van der Waals surface area contributed by atoms with Crippen molar-refractivity contribution in [3.8, 4) is 0 Å². The van der Waals surface area contributed by atoms with Crippen molar-refractivity contribution < 1.29 is 14.6 Å². The highest BCUT2D eigenvalue weighted by atomic mass is 16.7. The monoisotopic (exact) mass is 224 g/mol. The summed E-state index contributed by atoms with van der Waals surface area (Å²) in [5.74, 6) is 0. The molecule has 0 aromatic heterocycles. The third kappa shape index (κ3) is 4.31. The average molecular weight is 224 g/mol. The van der Waals surface area contributed by atoms with E-state index >= 15 is 0 Å². The van der Waals surface area contributed by atoms with Gasteiger partial charge in [0.25, 0.3) is 0 Å². The first kappa shape index (κ1) is 13.2. The normalized spacial score (nSPS) is 20.5. The highest BCUT2D eigenvalue weighted by molar-refractivity contribution is 5.26. The Labute approximate surface area is 97.1 Å². The molecule has 1 heterocycles. The van der Waals surface area contributed by atoms with Crippen LogP contribution in [-0.4, -0.2) is 30.7 Å². The van der Waals surface area contributed by atoms with Crippen molar-refractivity contribution in [1.82, 2.24) is 0 Å². The third-order valence-electron chi connectivity index (χ3n) is 2.42. The van der Waals surface area contributed by atoms with Gasteiger partial charge in [-0.15, -0.1) is 0 Å². The summed E-state index contributed by atoms with van der Waals surface area (Å²) < 4.78 is 10.6. The quantitative estimate of drug-likeness (QED) is 0.703. The molecular weight excluding hydrogens is 204 g/mol. The van der Waals surface area contributed by atoms with Crippen LogP contribution in [0.5, 0.6) is 0 Å². The Morgan fingerprint density at radius 3 is 2.75 bits per heavy atom. The van der Waals surface area contributed by atoms with Crippen molar-refractivity contribution in [3.63, 3.8) is 0 Å². The van der Waals surface area contributed by atoms with Crippen molar-refractivity contribution in [2.45, 2.75) is 32.2 Å². The molecule has 0 saturated carbocycles. The molecule has 0 aliphatic carbocycles. The number of hydrogen-bond donors (Lipinski definition) is 1. The predicted molar refractivity (Wildman–Crippen MR) is 64.0 cm³/mol. The number of allylic oxidation sites excluding steroid dienone is 3. The summed E-state index contributed by atoms with van der Waals surface area (Å²) in [6, 6.07) is 0. The molecule has 1 atom stereocenters. The van der Waals surface area contributed by atoms with Crippen LogP contribution >= 0.6 is 0 Å². The molecule has 1 saturated heterocycles. The zero-order chi connectivity index (χ0) is 11.8. The maximum absolute atomic E-state index is 9.95. The van der Waals surface area contributed by atoms with Gasteiger partial charge >= 0.3 is 0 Å². The van der Waals surface area contributed by atoms with E-state index in [2.05, 4.69) is 6.58 Å². The van der Waals surface area contributed by atoms with Crippen molar-refractivity contribution in [2.24, 2.45) is 0 Å². The molecule has 90 valence electrons. The summed E-state index contributed by atoms with van der Waals surface area (Å²) in [5, 5.41) is 9.95. The smallest absolute Gasteiger partial charge is 0.157 e. The maximum Gasteiger partial charge on any atom is 0.157 e. The molecule has 3 nitrogen and oxygen atoms in total. The number of rotatable bonds is 6. The maximum atomic E-state index is 9.95. The van der Waals surface area contributed by atoms with Gasteiger partial charge in [0.2, 0.25) is 0 Å². The first-order valence-electron chi connectivity index (χ1n) is 5.64. The Hall–Kier alpha value is -0.900. The minimum Gasteiger partial charge on any atom is -0.388 e. The van der Waals surface area contributed by atoms with Crippen molar-refractivity contribution in [1.29, 1.82) is 0 Å². The molecule has 0 amide bonds. The Morgan fingerprint density at radius 1 is 1.50 bits per heavy atom. The minimum atomic E-state index is -0.484. The molecule has 0 radical (unpaired) electrons. The fourth-order valence-electron chi connectivity index (χ4n) is 1.64. The van der Waals surface area contributed by atoms with Gasteiger partial charge in [0.1, 0.15) is 0 Å². The van der Waals surface area contributed by atoms with Crippen LogP contribution in [0.3, 0.4) is 0 Å². The van der Waals surface area contributed by atoms with Crippen LogP contribution in [0.25, 0.3) is 0 Å². The highest BCUT2D eigenvalue weighted by Crippen LogP contribution is 2.16. The first-order valence-corrected chi connectivity index (χ1v) is 5.64. The lowest BCUT2D eigenvalue weighted by molar-refractivity contribution is -0.0523. The standard InChI is InChI=1S/C13H20O3/c1-3-5-11(6-4-2)12(14)7-8-13-15-9-10-16-13/h3-6,12-14H,1,7-10H2,2H3/b6-4-,11-5+. The van der Waals surface area contributed by atoms with E-state index < -0.39 is 6.10 Å². The van der Waals surface area contributed by atoms with Crippen LogP contribution in [-0.2, 0) is 9.47 Å². The third-order valence-corrected chi connectivity index (χ3v) is 2.42. The minimum absolute atomic E-state index is 0.148. The van der Waals surface area contributed by atoms with Gasteiger partial charge in [0.05, 0.1) is 19.3 Å². The zero-order valence-corrected chi connectivity index (χ0v) is 9.76. The van der Waals surface area contributed by atoms with E-state index in [-0.39, 0.29) is 6.29 Å². The number of aliphatic hydroxyl groups is 1. The van der Waals surface area contributed by atoms with Crippen LogP contribution < -0.4 is 0 Å². The molecule has 0 aromatic carbocycles. The molecule has 1 aliphatic rings. The zero-order valence-electron chi connectivity index (χ0n) is 9.76. The van der Waals surface area contributed by atoms with E-state index in [1.165, 1.54) is 0 Å². The van der Waals surface area contributed by atoms with Gasteiger partial charge in [0, 0.05) is 6.42 Å². The van der Waals surface area contributed by atoms with Crippen LogP contribution in [0.4, 0.5) is 0 Å². The van der Waals surface area contributed by atoms with E-state index in [0.29, 0.717) is 26.1 Å². The molecule has 1 fully saturated rings. The summed E-state index contributed by atoms with van der Waals surface area (Å²) in [6.07, 6.45) is 8.01. The average Bonchev–Trinajstić information content (AvgIpc) is 2.78. The Bertz CT molecular complexity index is 262. The van der Waals surface area contributed by atoms with Gasteiger partial charge in [0.15, 0.2) is 6.29 Å².